The third kappa shape index (κ3) is 3.66. The Kier molecular flexibility index (Phi) is 4.93. The third-order valence-corrected chi connectivity index (χ3v) is 4.72. The molecule has 3 rings (SSSR count). The molecule has 0 aromatic heterocycles. The first kappa shape index (κ1) is 18.9. The lowest BCUT2D eigenvalue weighted by Gasteiger charge is -2.35. The smallest absolute Gasteiger partial charge is 0.335 e. The number of carboxylic acid groups (broad SMARTS) is 1. The molecular formula is C19H16F3NO4. The predicted molar refractivity (Wildman–Crippen MR) is 89.5 cm³/mol. The quantitative estimate of drug-likeness (QED) is 0.804. The molecule has 1 saturated heterocycles. The highest BCUT2D eigenvalue weighted by atomic mass is 19.2. The summed E-state index contributed by atoms with van der Waals surface area (Å²) in [6.45, 7) is 0.190. The SMILES string of the molecule is O=C(c1ccc(-c2cc(F)c(F)c(F)c2)cc1)N1CCC(O)(C(=O)O)CC1. The molecule has 2 aromatic rings. The van der Waals surface area contributed by atoms with Crippen molar-refractivity contribution in [3.63, 3.8) is 0 Å². The number of hydrogen-bond acceptors (Lipinski definition) is 3. The Hall–Kier alpha value is -2.87. The number of carboxylic acids is 1. The molecular weight excluding hydrogens is 363 g/mol. The Labute approximate surface area is 152 Å². The van der Waals surface area contributed by atoms with Gasteiger partial charge in [-0.2, -0.15) is 0 Å². The maximum Gasteiger partial charge on any atom is 0.335 e. The van der Waals surface area contributed by atoms with Crippen molar-refractivity contribution in [2.24, 2.45) is 0 Å². The molecule has 8 heteroatoms. The van der Waals surface area contributed by atoms with Crippen LogP contribution in [0.5, 0.6) is 0 Å². The summed E-state index contributed by atoms with van der Waals surface area (Å²) < 4.78 is 39.8. The number of aliphatic carboxylic acids is 1. The summed E-state index contributed by atoms with van der Waals surface area (Å²) in [7, 11) is 0. The maximum atomic E-state index is 13.4. The maximum absolute atomic E-state index is 13.4. The van der Waals surface area contributed by atoms with E-state index in [9.17, 15) is 27.9 Å². The van der Waals surface area contributed by atoms with Gasteiger partial charge >= 0.3 is 5.97 Å². The molecule has 2 aromatic carbocycles. The molecule has 5 nitrogen and oxygen atoms in total. The monoisotopic (exact) mass is 379 g/mol. The molecule has 0 aliphatic carbocycles. The van der Waals surface area contributed by atoms with Gasteiger partial charge in [-0.05, 0) is 35.4 Å². The van der Waals surface area contributed by atoms with E-state index in [-0.39, 0.29) is 37.4 Å². The minimum atomic E-state index is -1.82. The molecule has 27 heavy (non-hydrogen) atoms. The largest absolute Gasteiger partial charge is 0.479 e. The molecule has 1 aliphatic rings. The Morgan fingerprint density at radius 2 is 1.44 bits per heavy atom. The number of halogens is 3. The number of carbonyl (C=O) groups is 2. The Bertz CT molecular complexity index is 867. The molecule has 0 unspecified atom stereocenters. The van der Waals surface area contributed by atoms with Crippen LogP contribution in [0.2, 0.25) is 0 Å². The van der Waals surface area contributed by atoms with Gasteiger partial charge in [0.1, 0.15) is 0 Å². The minimum Gasteiger partial charge on any atom is -0.479 e. The Morgan fingerprint density at radius 1 is 0.926 bits per heavy atom. The highest BCUT2D eigenvalue weighted by Gasteiger charge is 2.40. The number of benzene rings is 2. The van der Waals surface area contributed by atoms with Gasteiger partial charge in [-0.15, -0.1) is 0 Å². The van der Waals surface area contributed by atoms with Crippen molar-refractivity contribution < 1.29 is 33.0 Å². The summed E-state index contributed by atoms with van der Waals surface area (Å²) in [6.07, 6.45) is -0.138. The number of likely N-dealkylation sites (tertiary alicyclic amines) is 1. The fraction of sp³-hybridized carbons (Fsp3) is 0.263. The third-order valence-electron chi connectivity index (χ3n) is 4.72. The number of aliphatic hydroxyl groups is 1. The lowest BCUT2D eigenvalue weighted by atomic mass is 9.91. The fourth-order valence-corrected chi connectivity index (χ4v) is 3.00. The number of amides is 1. The van der Waals surface area contributed by atoms with Crippen molar-refractivity contribution in [2.75, 3.05) is 13.1 Å². The molecule has 142 valence electrons. The first-order chi connectivity index (χ1) is 12.7. The van der Waals surface area contributed by atoms with Crippen LogP contribution in [-0.2, 0) is 4.79 Å². The van der Waals surface area contributed by atoms with E-state index < -0.39 is 29.0 Å². The van der Waals surface area contributed by atoms with Crippen LogP contribution in [0.1, 0.15) is 23.2 Å². The summed E-state index contributed by atoms with van der Waals surface area (Å²) in [5.74, 6) is -5.80. The molecule has 0 spiro atoms. The highest BCUT2D eigenvalue weighted by molar-refractivity contribution is 5.95. The molecule has 1 heterocycles. The van der Waals surface area contributed by atoms with Gasteiger partial charge in [-0.1, -0.05) is 12.1 Å². The molecule has 1 fully saturated rings. The van der Waals surface area contributed by atoms with E-state index in [0.29, 0.717) is 11.1 Å². The van der Waals surface area contributed by atoms with Gasteiger partial charge in [0.2, 0.25) is 0 Å². The van der Waals surface area contributed by atoms with Crippen molar-refractivity contribution >= 4 is 11.9 Å². The second-order valence-electron chi connectivity index (χ2n) is 6.46. The van der Waals surface area contributed by atoms with Gasteiger partial charge in [0.05, 0.1) is 0 Å². The fourth-order valence-electron chi connectivity index (χ4n) is 3.00. The zero-order chi connectivity index (χ0) is 19.8. The summed E-state index contributed by atoms with van der Waals surface area (Å²) >= 11 is 0. The van der Waals surface area contributed by atoms with Gasteiger partial charge in [0.25, 0.3) is 5.91 Å². The van der Waals surface area contributed by atoms with Gasteiger partial charge in [0.15, 0.2) is 23.1 Å². The van der Waals surface area contributed by atoms with Crippen LogP contribution in [0.15, 0.2) is 36.4 Å². The lowest BCUT2D eigenvalue weighted by Crippen LogP contribution is -2.50. The van der Waals surface area contributed by atoms with Crippen molar-refractivity contribution in [3.8, 4) is 11.1 Å². The zero-order valence-electron chi connectivity index (χ0n) is 14.1. The average molecular weight is 379 g/mol. The molecule has 0 saturated carbocycles. The predicted octanol–water partition coefficient (Wildman–Crippen LogP) is 2.82. The molecule has 0 bridgehead atoms. The molecule has 1 amide bonds. The number of carbonyl (C=O) groups excluding carboxylic acids is 1. The highest BCUT2D eigenvalue weighted by Crippen LogP contribution is 2.26. The van der Waals surface area contributed by atoms with E-state index in [0.717, 1.165) is 12.1 Å². The minimum absolute atomic E-state index is 0.0692. The number of piperidine rings is 1. The molecule has 0 atom stereocenters. The van der Waals surface area contributed by atoms with E-state index in [1.807, 2.05) is 0 Å². The second-order valence-corrected chi connectivity index (χ2v) is 6.46. The van der Waals surface area contributed by atoms with Gasteiger partial charge in [0, 0.05) is 31.5 Å². The van der Waals surface area contributed by atoms with Crippen LogP contribution >= 0.6 is 0 Å². The van der Waals surface area contributed by atoms with Crippen LogP contribution in [0.4, 0.5) is 13.2 Å². The van der Waals surface area contributed by atoms with Crippen LogP contribution < -0.4 is 0 Å². The summed E-state index contributed by atoms with van der Waals surface area (Å²) in [5, 5.41) is 18.9. The van der Waals surface area contributed by atoms with Crippen molar-refractivity contribution in [2.45, 2.75) is 18.4 Å². The summed E-state index contributed by atoms with van der Waals surface area (Å²) in [5.41, 5.74) is -0.974. The Balaban J connectivity index is 1.74. The van der Waals surface area contributed by atoms with Crippen molar-refractivity contribution in [1.82, 2.24) is 4.90 Å². The average Bonchev–Trinajstić information content (AvgIpc) is 2.66. The standard InChI is InChI=1S/C19H16F3NO4/c20-14-9-13(10-15(21)16(14)22)11-1-3-12(4-2-11)17(24)23-7-5-19(27,6-8-23)18(25)26/h1-4,9-10,27H,5-8H2,(H,25,26). The van der Waals surface area contributed by atoms with Gasteiger partial charge in [-0.25, -0.2) is 18.0 Å². The van der Waals surface area contributed by atoms with E-state index in [1.54, 1.807) is 0 Å². The van der Waals surface area contributed by atoms with Gasteiger partial charge < -0.3 is 15.1 Å². The van der Waals surface area contributed by atoms with E-state index in [4.69, 9.17) is 5.11 Å². The van der Waals surface area contributed by atoms with Crippen LogP contribution in [0.25, 0.3) is 11.1 Å². The molecule has 0 radical (unpaired) electrons. The zero-order valence-corrected chi connectivity index (χ0v) is 14.1. The summed E-state index contributed by atoms with van der Waals surface area (Å²) in [4.78, 5) is 25.0. The summed E-state index contributed by atoms with van der Waals surface area (Å²) in [6, 6.07) is 7.64. The number of rotatable bonds is 3. The molecule has 1 aliphatic heterocycles. The van der Waals surface area contributed by atoms with E-state index in [1.165, 1.54) is 29.2 Å². The molecule has 2 N–H and O–H groups in total. The van der Waals surface area contributed by atoms with E-state index >= 15 is 0 Å². The van der Waals surface area contributed by atoms with E-state index in [2.05, 4.69) is 0 Å². The van der Waals surface area contributed by atoms with Crippen LogP contribution in [0, 0.1) is 17.5 Å². The van der Waals surface area contributed by atoms with Crippen molar-refractivity contribution in [1.29, 1.82) is 0 Å². The first-order valence-corrected chi connectivity index (χ1v) is 8.21. The Morgan fingerprint density at radius 3 is 1.93 bits per heavy atom. The number of nitrogens with zero attached hydrogens (tertiary/aromatic N) is 1. The van der Waals surface area contributed by atoms with Crippen LogP contribution in [0.3, 0.4) is 0 Å². The lowest BCUT2D eigenvalue weighted by molar-refractivity contribution is -0.162. The first-order valence-electron chi connectivity index (χ1n) is 8.21. The van der Waals surface area contributed by atoms with Gasteiger partial charge in [-0.3, -0.25) is 4.79 Å². The second kappa shape index (κ2) is 7.03. The van der Waals surface area contributed by atoms with Crippen LogP contribution in [-0.4, -0.2) is 45.7 Å². The number of hydrogen-bond donors (Lipinski definition) is 2. The van der Waals surface area contributed by atoms with Crippen molar-refractivity contribution in [3.05, 3.63) is 59.4 Å². The normalized spacial score (nSPS) is 16.2. The topological polar surface area (TPSA) is 77.8 Å².